The summed E-state index contributed by atoms with van der Waals surface area (Å²) in [5.74, 6) is -0.692. The molecule has 200 valence electrons. The van der Waals surface area contributed by atoms with E-state index in [1.54, 1.807) is 7.11 Å². The lowest BCUT2D eigenvalue weighted by Crippen LogP contribution is -2.29. The van der Waals surface area contributed by atoms with Gasteiger partial charge in [0.05, 0.1) is 18.7 Å². The monoisotopic (exact) mass is 522 g/mol. The maximum Gasteiger partial charge on any atom is 0.300 e. The number of hydrogen-bond acceptors (Lipinski definition) is 4. The van der Waals surface area contributed by atoms with Gasteiger partial charge in [0, 0.05) is 41.0 Å². The molecule has 1 aliphatic heterocycles. The number of amides is 1. The number of carbonyl (C=O) groups is 2. The molecular weight excluding hydrogens is 488 g/mol. The lowest BCUT2D eigenvalue weighted by Gasteiger charge is -2.25. The Hall–Kier alpha value is -4.32. The second-order valence-electron chi connectivity index (χ2n) is 10.5. The molecule has 1 saturated heterocycles. The van der Waals surface area contributed by atoms with Crippen LogP contribution < -0.4 is 9.64 Å². The number of aromatic nitrogens is 1. The van der Waals surface area contributed by atoms with Crippen LogP contribution in [0.2, 0.25) is 0 Å². The molecule has 0 bridgehead atoms. The van der Waals surface area contributed by atoms with Crippen molar-refractivity contribution in [3.05, 3.63) is 100 Å². The molecule has 6 nitrogen and oxygen atoms in total. The van der Waals surface area contributed by atoms with Crippen molar-refractivity contribution in [1.29, 1.82) is 0 Å². The van der Waals surface area contributed by atoms with E-state index in [4.69, 9.17) is 4.74 Å². The van der Waals surface area contributed by atoms with Crippen molar-refractivity contribution >= 4 is 34.0 Å². The van der Waals surface area contributed by atoms with Gasteiger partial charge >= 0.3 is 0 Å². The summed E-state index contributed by atoms with van der Waals surface area (Å²) in [5.41, 5.74) is 5.76. The Balaban J connectivity index is 1.80. The van der Waals surface area contributed by atoms with E-state index in [-0.39, 0.29) is 17.3 Å². The molecule has 1 amide bonds. The Morgan fingerprint density at radius 2 is 1.74 bits per heavy atom. The number of para-hydroxylation sites is 1. The number of methoxy groups -OCH3 is 1. The maximum absolute atomic E-state index is 13.8. The van der Waals surface area contributed by atoms with Gasteiger partial charge in [-0.15, -0.1) is 0 Å². The number of fused-ring (bicyclic) bond motifs is 1. The number of aryl methyl sites for hydroxylation is 3. The standard InChI is InChI=1S/C33H34N2O4/c1-7-21-12-14-22(15-13-21)35-30(26-18-34(5)27-11-9-8-10-23(26)27)29(32(37)33(35)38)31(36)25-17-24(19(2)3)28(39-6)16-20(25)4/h8-19,30,36H,7H2,1-6H3/b31-29+. The fourth-order valence-electron chi connectivity index (χ4n) is 5.60. The molecule has 1 N–H and O–H groups in total. The third-order valence-corrected chi connectivity index (χ3v) is 7.74. The van der Waals surface area contributed by atoms with Gasteiger partial charge in [0.25, 0.3) is 11.7 Å². The molecule has 2 heterocycles. The van der Waals surface area contributed by atoms with Crippen molar-refractivity contribution < 1.29 is 19.4 Å². The SMILES string of the molecule is CCc1ccc(N2C(=O)C(=O)/C(=C(/O)c3cc(C(C)C)c(OC)cc3C)C2c2cn(C)c3ccccc23)cc1. The highest BCUT2D eigenvalue weighted by Gasteiger charge is 2.48. The quantitative estimate of drug-likeness (QED) is 0.172. The number of hydrogen-bond donors (Lipinski definition) is 1. The first kappa shape index (κ1) is 26.3. The highest BCUT2D eigenvalue weighted by molar-refractivity contribution is 6.52. The van der Waals surface area contributed by atoms with E-state index < -0.39 is 17.7 Å². The Kier molecular flexibility index (Phi) is 6.81. The van der Waals surface area contributed by atoms with Crippen LogP contribution in [0.1, 0.15) is 60.5 Å². The van der Waals surface area contributed by atoms with E-state index in [0.29, 0.717) is 11.3 Å². The van der Waals surface area contributed by atoms with E-state index in [0.717, 1.165) is 45.3 Å². The van der Waals surface area contributed by atoms with E-state index in [1.807, 2.05) is 99.2 Å². The minimum absolute atomic E-state index is 0.0823. The molecule has 0 spiro atoms. The second kappa shape index (κ2) is 10.1. The van der Waals surface area contributed by atoms with Gasteiger partial charge in [-0.25, -0.2) is 0 Å². The summed E-state index contributed by atoms with van der Waals surface area (Å²) in [6.45, 7) is 8.03. The number of ether oxygens (including phenoxy) is 1. The van der Waals surface area contributed by atoms with Gasteiger partial charge in [-0.3, -0.25) is 14.5 Å². The first-order valence-electron chi connectivity index (χ1n) is 13.3. The summed E-state index contributed by atoms with van der Waals surface area (Å²) in [4.78, 5) is 29.0. The van der Waals surface area contributed by atoms with Crippen molar-refractivity contribution in [3.63, 3.8) is 0 Å². The Morgan fingerprint density at radius 3 is 2.38 bits per heavy atom. The first-order valence-corrected chi connectivity index (χ1v) is 13.3. The molecule has 0 radical (unpaired) electrons. The van der Waals surface area contributed by atoms with Crippen LogP contribution in [-0.4, -0.2) is 28.5 Å². The van der Waals surface area contributed by atoms with Gasteiger partial charge in [-0.2, -0.15) is 0 Å². The first-order chi connectivity index (χ1) is 18.7. The molecule has 1 fully saturated rings. The molecule has 0 aliphatic carbocycles. The molecule has 5 rings (SSSR count). The van der Waals surface area contributed by atoms with Gasteiger partial charge in [0.1, 0.15) is 11.5 Å². The fraction of sp³-hybridized carbons (Fsp3) is 0.273. The number of aliphatic hydroxyl groups is 1. The molecule has 0 saturated carbocycles. The fourth-order valence-corrected chi connectivity index (χ4v) is 5.60. The van der Waals surface area contributed by atoms with Gasteiger partial charge in [-0.05, 0) is 66.3 Å². The summed E-state index contributed by atoms with van der Waals surface area (Å²) in [7, 11) is 3.56. The van der Waals surface area contributed by atoms with Gasteiger partial charge in [-0.1, -0.05) is 51.1 Å². The van der Waals surface area contributed by atoms with Crippen LogP contribution >= 0.6 is 0 Å². The molecule has 1 atom stereocenters. The molecule has 39 heavy (non-hydrogen) atoms. The van der Waals surface area contributed by atoms with Gasteiger partial charge in [0.15, 0.2) is 0 Å². The normalized spacial score (nSPS) is 17.0. The van der Waals surface area contributed by atoms with E-state index in [1.165, 1.54) is 4.90 Å². The second-order valence-corrected chi connectivity index (χ2v) is 10.5. The van der Waals surface area contributed by atoms with Gasteiger partial charge < -0.3 is 14.4 Å². The molecular formula is C33H34N2O4. The Bertz CT molecular complexity index is 1630. The van der Waals surface area contributed by atoms with Gasteiger partial charge in [0.2, 0.25) is 0 Å². The summed E-state index contributed by atoms with van der Waals surface area (Å²) >= 11 is 0. The smallest absolute Gasteiger partial charge is 0.300 e. The van der Waals surface area contributed by atoms with Crippen molar-refractivity contribution in [1.82, 2.24) is 4.57 Å². The van der Waals surface area contributed by atoms with Crippen LogP contribution in [0.3, 0.4) is 0 Å². The van der Waals surface area contributed by atoms with Crippen LogP contribution in [0.25, 0.3) is 16.7 Å². The number of aliphatic hydroxyl groups excluding tert-OH is 1. The van der Waals surface area contributed by atoms with Crippen LogP contribution in [0.5, 0.6) is 5.75 Å². The lowest BCUT2D eigenvalue weighted by molar-refractivity contribution is -0.132. The summed E-state index contributed by atoms with van der Waals surface area (Å²) < 4.78 is 7.58. The van der Waals surface area contributed by atoms with Crippen molar-refractivity contribution in [2.45, 2.75) is 46.1 Å². The molecule has 6 heteroatoms. The van der Waals surface area contributed by atoms with E-state index >= 15 is 0 Å². The predicted octanol–water partition coefficient (Wildman–Crippen LogP) is 6.81. The van der Waals surface area contributed by atoms with Crippen LogP contribution in [0, 0.1) is 6.92 Å². The Morgan fingerprint density at radius 1 is 1.05 bits per heavy atom. The topological polar surface area (TPSA) is 71.8 Å². The average Bonchev–Trinajstić information content (AvgIpc) is 3.40. The third kappa shape index (κ3) is 4.30. The van der Waals surface area contributed by atoms with Crippen molar-refractivity contribution in [2.24, 2.45) is 7.05 Å². The van der Waals surface area contributed by atoms with E-state index in [2.05, 4.69) is 6.92 Å². The summed E-state index contributed by atoms with van der Waals surface area (Å²) in [5, 5.41) is 12.8. The van der Waals surface area contributed by atoms with E-state index in [9.17, 15) is 14.7 Å². The molecule has 4 aromatic rings. The summed E-state index contributed by atoms with van der Waals surface area (Å²) in [6.07, 6.45) is 2.81. The number of anilines is 1. The number of rotatable bonds is 6. The Labute approximate surface area is 229 Å². The lowest BCUT2D eigenvalue weighted by atomic mass is 9.91. The molecule has 3 aromatic carbocycles. The largest absolute Gasteiger partial charge is 0.507 e. The maximum atomic E-state index is 13.8. The molecule has 1 aliphatic rings. The average molecular weight is 523 g/mol. The number of carbonyl (C=O) groups excluding carboxylic acids is 2. The number of Topliss-reactive ketones (excluding diaryl/α,β-unsaturated/α-hetero) is 1. The molecule has 1 aromatic heterocycles. The predicted molar refractivity (Wildman–Crippen MR) is 155 cm³/mol. The zero-order valence-electron chi connectivity index (χ0n) is 23.3. The molecule has 1 unspecified atom stereocenters. The third-order valence-electron chi connectivity index (χ3n) is 7.74. The summed E-state index contributed by atoms with van der Waals surface area (Å²) in [6, 6.07) is 18.5. The highest BCUT2D eigenvalue weighted by Crippen LogP contribution is 2.45. The van der Waals surface area contributed by atoms with Crippen LogP contribution in [-0.2, 0) is 23.1 Å². The van der Waals surface area contributed by atoms with Crippen molar-refractivity contribution in [3.8, 4) is 5.75 Å². The van der Waals surface area contributed by atoms with Crippen LogP contribution in [0.4, 0.5) is 5.69 Å². The number of nitrogens with zero attached hydrogens (tertiary/aromatic N) is 2. The number of ketones is 1. The van der Waals surface area contributed by atoms with Crippen molar-refractivity contribution in [2.75, 3.05) is 12.0 Å². The highest BCUT2D eigenvalue weighted by atomic mass is 16.5. The zero-order valence-corrected chi connectivity index (χ0v) is 23.3. The minimum atomic E-state index is -0.799. The number of benzene rings is 3. The zero-order chi connectivity index (χ0) is 28.0. The minimum Gasteiger partial charge on any atom is -0.507 e. The van der Waals surface area contributed by atoms with Crippen LogP contribution in [0.15, 0.2) is 72.4 Å².